The lowest BCUT2D eigenvalue weighted by Gasteiger charge is -2.19. The van der Waals surface area contributed by atoms with Crippen LogP contribution in [0.1, 0.15) is 51.4 Å². The fraction of sp³-hybridized carbons (Fsp3) is 0.923. The summed E-state index contributed by atoms with van der Waals surface area (Å²) in [6, 6.07) is 0. The van der Waals surface area contributed by atoms with Gasteiger partial charge in [0.2, 0.25) is 0 Å². The lowest BCUT2D eigenvalue weighted by atomic mass is 9.96. The van der Waals surface area contributed by atoms with Crippen molar-refractivity contribution in [3.05, 3.63) is 0 Å². The van der Waals surface area contributed by atoms with Crippen molar-refractivity contribution >= 4 is 5.97 Å². The zero-order valence-corrected chi connectivity index (χ0v) is 10.5. The van der Waals surface area contributed by atoms with Gasteiger partial charge in [-0.2, -0.15) is 0 Å². The van der Waals surface area contributed by atoms with Gasteiger partial charge in [0.1, 0.15) is 0 Å². The van der Waals surface area contributed by atoms with Crippen molar-refractivity contribution in [2.75, 3.05) is 20.1 Å². The molecule has 1 aliphatic rings. The van der Waals surface area contributed by atoms with Crippen LogP contribution >= 0.6 is 0 Å². The van der Waals surface area contributed by atoms with E-state index in [-0.39, 0.29) is 6.42 Å². The molecular weight excluding hydrogens is 202 g/mol. The first-order valence-electron chi connectivity index (χ1n) is 6.59. The molecule has 94 valence electrons. The molecule has 0 aliphatic heterocycles. The van der Waals surface area contributed by atoms with Crippen LogP contribution in [-0.2, 0) is 4.79 Å². The minimum atomic E-state index is -0.693. The zero-order chi connectivity index (χ0) is 11.8. The Bertz CT molecular complexity index is 198. The molecule has 0 aromatic heterocycles. The molecule has 1 saturated carbocycles. The highest BCUT2D eigenvalue weighted by Crippen LogP contribution is 2.25. The van der Waals surface area contributed by atoms with Gasteiger partial charge in [-0.1, -0.05) is 38.5 Å². The third-order valence-electron chi connectivity index (χ3n) is 3.60. The van der Waals surface area contributed by atoms with E-state index in [1.54, 1.807) is 0 Å². The summed E-state index contributed by atoms with van der Waals surface area (Å²) >= 11 is 0. The van der Waals surface area contributed by atoms with Crippen molar-refractivity contribution in [1.29, 1.82) is 0 Å². The van der Waals surface area contributed by atoms with E-state index in [0.717, 1.165) is 12.5 Å². The highest BCUT2D eigenvalue weighted by atomic mass is 16.4. The van der Waals surface area contributed by atoms with Crippen molar-refractivity contribution in [3.63, 3.8) is 0 Å². The number of carboxylic acid groups (broad SMARTS) is 1. The molecule has 0 heterocycles. The van der Waals surface area contributed by atoms with Gasteiger partial charge < -0.3 is 10.0 Å². The summed E-state index contributed by atoms with van der Waals surface area (Å²) in [4.78, 5) is 12.6. The van der Waals surface area contributed by atoms with Crippen molar-refractivity contribution < 1.29 is 9.90 Å². The molecule has 0 spiro atoms. The Morgan fingerprint density at radius 1 is 1.19 bits per heavy atom. The van der Waals surface area contributed by atoms with Gasteiger partial charge in [-0.05, 0) is 25.9 Å². The molecule has 3 nitrogen and oxygen atoms in total. The van der Waals surface area contributed by atoms with Crippen LogP contribution in [0.4, 0.5) is 0 Å². The Labute approximate surface area is 98.8 Å². The summed E-state index contributed by atoms with van der Waals surface area (Å²) in [6.07, 6.45) is 9.88. The maximum absolute atomic E-state index is 10.4. The van der Waals surface area contributed by atoms with Gasteiger partial charge in [0.25, 0.3) is 0 Å². The summed E-state index contributed by atoms with van der Waals surface area (Å²) in [5.74, 6) is 0.191. The first-order valence-corrected chi connectivity index (χ1v) is 6.59. The van der Waals surface area contributed by atoms with Crippen LogP contribution < -0.4 is 0 Å². The molecule has 3 heteroatoms. The van der Waals surface area contributed by atoms with Crippen molar-refractivity contribution in [3.8, 4) is 0 Å². The third kappa shape index (κ3) is 6.11. The van der Waals surface area contributed by atoms with E-state index in [0.29, 0.717) is 6.54 Å². The average molecular weight is 227 g/mol. The quantitative estimate of drug-likeness (QED) is 0.709. The number of nitrogens with zero attached hydrogens (tertiary/aromatic N) is 1. The van der Waals surface area contributed by atoms with Crippen molar-refractivity contribution in [2.45, 2.75) is 51.4 Å². The van der Waals surface area contributed by atoms with Gasteiger partial charge in [-0.15, -0.1) is 0 Å². The van der Waals surface area contributed by atoms with E-state index in [4.69, 9.17) is 5.11 Å². The van der Waals surface area contributed by atoms with Gasteiger partial charge in [-0.25, -0.2) is 0 Å². The van der Waals surface area contributed by atoms with Crippen LogP contribution in [-0.4, -0.2) is 36.1 Å². The van der Waals surface area contributed by atoms with Gasteiger partial charge >= 0.3 is 5.97 Å². The fourth-order valence-corrected chi connectivity index (χ4v) is 2.45. The molecule has 0 aromatic rings. The predicted octanol–water partition coefficient (Wildman–Crippen LogP) is 2.75. The molecule has 0 bridgehead atoms. The monoisotopic (exact) mass is 227 g/mol. The molecule has 1 aliphatic carbocycles. The lowest BCUT2D eigenvalue weighted by Crippen LogP contribution is -2.24. The number of rotatable bonds is 6. The number of hydrogen-bond acceptors (Lipinski definition) is 2. The van der Waals surface area contributed by atoms with Crippen LogP contribution in [0.15, 0.2) is 0 Å². The molecule has 0 amide bonds. The van der Waals surface area contributed by atoms with E-state index in [1.165, 1.54) is 44.9 Å². The van der Waals surface area contributed by atoms with E-state index in [2.05, 4.69) is 4.90 Å². The van der Waals surface area contributed by atoms with Crippen LogP contribution in [0.5, 0.6) is 0 Å². The molecular formula is C13H25NO2. The number of hydrogen-bond donors (Lipinski definition) is 1. The van der Waals surface area contributed by atoms with Crippen molar-refractivity contribution in [1.82, 2.24) is 4.90 Å². The Morgan fingerprint density at radius 2 is 1.81 bits per heavy atom. The molecule has 1 rings (SSSR count). The largest absolute Gasteiger partial charge is 0.481 e. The zero-order valence-electron chi connectivity index (χ0n) is 10.5. The topological polar surface area (TPSA) is 40.5 Å². The second-order valence-corrected chi connectivity index (χ2v) is 5.09. The predicted molar refractivity (Wildman–Crippen MR) is 65.6 cm³/mol. The third-order valence-corrected chi connectivity index (χ3v) is 3.60. The summed E-state index contributed by atoms with van der Waals surface area (Å²) in [7, 11) is 2.03. The molecule has 0 aromatic carbocycles. The minimum absolute atomic E-state index is 0.265. The molecule has 1 N–H and O–H groups in total. The van der Waals surface area contributed by atoms with Gasteiger partial charge in [0, 0.05) is 6.54 Å². The van der Waals surface area contributed by atoms with Gasteiger partial charge in [0.15, 0.2) is 0 Å². The van der Waals surface area contributed by atoms with E-state index >= 15 is 0 Å². The number of aliphatic carboxylic acids is 1. The van der Waals surface area contributed by atoms with Crippen molar-refractivity contribution in [2.24, 2.45) is 5.92 Å². The second-order valence-electron chi connectivity index (χ2n) is 5.09. The minimum Gasteiger partial charge on any atom is -0.481 e. The maximum atomic E-state index is 10.4. The summed E-state index contributed by atoms with van der Waals surface area (Å²) < 4.78 is 0. The van der Waals surface area contributed by atoms with E-state index in [1.807, 2.05) is 7.05 Å². The number of carboxylic acids is 1. The Morgan fingerprint density at radius 3 is 2.38 bits per heavy atom. The lowest BCUT2D eigenvalue weighted by molar-refractivity contribution is -0.137. The molecule has 0 unspecified atom stereocenters. The number of carbonyl (C=O) groups is 1. The standard InChI is InChI=1S/C13H25NO2/c1-14(11-9-13(15)16)10-8-12-6-4-2-3-5-7-12/h12H,2-11H2,1H3,(H,15,16). The summed E-state index contributed by atoms with van der Waals surface area (Å²) in [5.41, 5.74) is 0. The molecule has 1 fully saturated rings. The molecule has 0 saturated heterocycles. The molecule has 16 heavy (non-hydrogen) atoms. The second kappa shape index (κ2) is 7.66. The van der Waals surface area contributed by atoms with Gasteiger partial charge in [-0.3, -0.25) is 4.79 Å². The Hall–Kier alpha value is -0.570. The Kier molecular flexibility index (Phi) is 6.46. The van der Waals surface area contributed by atoms with Crippen LogP contribution in [0.3, 0.4) is 0 Å². The SMILES string of the molecule is CN(CCC(=O)O)CCC1CCCCCC1. The average Bonchev–Trinajstić information content (AvgIpc) is 2.51. The van der Waals surface area contributed by atoms with Crippen LogP contribution in [0.2, 0.25) is 0 Å². The highest BCUT2D eigenvalue weighted by Gasteiger charge is 2.13. The smallest absolute Gasteiger partial charge is 0.304 e. The first-order chi connectivity index (χ1) is 7.68. The maximum Gasteiger partial charge on any atom is 0.304 e. The van der Waals surface area contributed by atoms with E-state index < -0.39 is 5.97 Å². The van der Waals surface area contributed by atoms with Crippen LogP contribution in [0.25, 0.3) is 0 Å². The normalized spacial score (nSPS) is 18.6. The van der Waals surface area contributed by atoms with Crippen LogP contribution in [0, 0.1) is 5.92 Å². The molecule has 0 atom stereocenters. The Balaban J connectivity index is 2.09. The van der Waals surface area contributed by atoms with E-state index in [9.17, 15) is 4.79 Å². The fourth-order valence-electron chi connectivity index (χ4n) is 2.45. The van der Waals surface area contributed by atoms with Gasteiger partial charge in [0.05, 0.1) is 6.42 Å². The summed E-state index contributed by atoms with van der Waals surface area (Å²) in [5, 5.41) is 8.59. The molecule has 0 radical (unpaired) electrons. The highest BCUT2D eigenvalue weighted by molar-refractivity contribution is 5.66. The summed E-state index contributed by atoms with van der Waals surface area (Å²) in [6.45, 7) is 1.74. The first kappa shape index (κ1) is 13.5.